The van der Waals surface area contributed by atoms with Gasteiger partial charge in [0.15, 0.2) is 0 Å². The first-order chi connectivity index (χ1) is 8.54. The first-order valence-electron chi connectivity index (χ1n) is 5.26. The van der Waals surface area contributed by atoms with Crippen molar-refractivity contribution in [2.24, 2.45) is 0 Å². The van der Waals surface area contributed by atoms with Gasteiger partial charge in [-0.3, -0.25) is 4.79 Å². The van der Waals surface area contributed by atoms with Crippen molar-refractivity contribution in [1.29, 1.82) is 0 Å². The predicted molar refractivity (Wildman–Crippen MR) is 68.0 cm³/mol. The first-order valence-corrected chi connectivity index (χ1v) is 5.26. The molecular weight excluding hydrogens is 232 g/mol. The molecule has 0 spiro atoms. The summed E-state index contributed by atoms with van der Waals surface area (Å²) in [6.45, 7) is 1.71. The number of carbonyl (C=O) groups excluding carboxylic acids is 1. The summed E-state index contributed by atoms with van der Waals surface area (Å²) < 4.78 is 0. The van der Waals surface area contributed by atoms with Gasteiger partial charge in [0.1, 0.15) is 23.5 Å². The zero-order chi connectivity index (χ0) is 13.5. The summed E-state index contributed by atoms with van der Waals surface area (Å²) in [4.78, 5) is 10.3. The molecule has 0 fully saturated rings. The SMILES string of the molecule is Cc1c(O)cccc1C=O.Oc1ccc(O)cc1. The fraction of sp³-hybridized carbons (Fsp3) is 0.0714. The topological polar surface area (TPSA) is 77.8 Å². The lowest BCUT2D eigenvalue weighted by atomic mass is 10.1. The maximum Gasteiger partial charge on any atom is 0.150 e. The fourth-order valence-corrected chi connectivity index (χ4v) is 1.22. The lowest BCUT2D eigenvalue weighted by Gasteiger charge is -1.98. The summed E-state index contributed by atoms with van der Waals surface area (Å²) in [5.74, 6) is 0.509. The Balaban J connectivity index is 0.000000184. The van der Waals surface area contributed by atoms with Crippen LogP contribution in [-0.4, -0.2) is 21.6 Å². The molecule has 18 heavy (non-hydrogen) atoms. The number of hydrogen-bond acceptors (Lipinski definition) is 4. The van der Waals surface area contributed by atoms with Gasteiger partial charge in [-0.1, -0.05) is 12.1 Å². The lowest BCUT2D eigenvalue weighted by molar-refractivity contribution is 0.112. The Morgan fingerprint density at radius 3 is 1.78 bits per heavy atom. The Kier molecular flexibility index (Phi) is 4.75. The number of carbonyl (C=O) groups is 1. The van der Waals surface area contributed by atoms with Crippen LogP contribution in [0.4, 0.5) is 0 Å². The largest absolute Gasteiger partial charge is 0.508 e. The number of benzene rings is 2. The smallest absolute Gasteiger partial charge is 0.150 e. The molecule has 0 radical (unpaired) electrons. The zero-order valence-electron chi connectivity index (χ0n) is 9.87. The van der Waals surface area contributed by atoms with Crippen LogP contribution in [0.3, 0.4) is 0 Å². The van der Waals surface area contributed by atoms with Crippen molar-refractivity contribution < 1.29 is 20.1 Å². The van der Waals surface area contributed by atoms with Crippen LogP contribution in [0.25, 0.3) is 0 Å². The second-order valence-corrected chi connectivity index (χ2v) is 3.63. The van der Waals surface area contributed by atoms with Gasteiger partial charge in [0.25, 0.3) is 0 Å². The van der Waals surface area contributed by atoms with E-state index in [9.17, 15) is 4.79 Å². The van der Waals surface area contributed by atoms with Gasteiger partial charge in [-0.25, -0.2) is 0 Å². The van der Waals surface area contributed by atoms with E-state index < -0.39 is 0 Å². The molecule has 0 amide bonds. The van der Waals surface area contributed by atoms with Crippen molar-refractivity contribution in [3.63, 3.8) is 0 Å². The molecule has 2 rings (SSSR count). The van der Waals surface area contributed by atoms with Crippen LogP contribution in [0.15, 0.2) is 42.5 Å². The monoisotopic (exact) mass is 246 g/mol. The number of hydrogen-bond donors (Lipinski definition) is 3. The van der Waals surface area contributed by atoms with E-state index in [1.807, 2.05) is 0 Å². The van der Waals surface area contributed by atoms with Crippen LogP contribution < -0.4 is 0 Å². The average Bonchev–Trinajstić information content (AvgIpc) is 2.37. The summed E-state index contributed by atoms with van der Waals surface area (Å²) in [7, 11) is 0. The number of phenols is 3. The lowest BCUT2D eigenvalue weighted by Crippen LogP contribution is -1.84. The first kappa shape index (κ1) is 13.6. The molecule has 3 N–H and O–H groups in total. The summed E-state index contributed by atoms with van der Waals surface area (Å²) in [5, 5.41) is 26.4. The highest BCUT2D eigenvalue weighted by Gasteiger charge is 1.98. The van der Waals surface area contributed by atoms with Gasteiger partial charge in [0.05, 0.1) is 0 Å². The predicted octanol–water partition coefficient (Wildman–Crippen LogP) is 2.61. The molecule has 0 aromatic heterocycles. The number of aldehydes is 1. The van der Waals surface area contributed by atoms with E-state index in [-0.39, 0.29) is 17.2 Å². The molecule has 4 nitrogen and oxygen atoms in total. The molecule has 94 valence electrons. The second-order valence-electron chi connectivity index (χ2n) is 3.63. The van der Waals surface area contributed by atoms with Crippen LogP contribution in [0.1, 0.15) is 15.9 Å². The Labute approximate surface area is 105 Å². The van der Waals surface area contributed by atoms with E-state index in [2.05, 4.69) is 0 Å². The van der Waals surface area contributed by atoms with E-state index in [1.54, 1.807) is 25.1 Å². The van der Waals surface area contributed by atoms with E-state index >= 15 is 0 Å². The molecule has 0 aliphatic carbocycles. The molecule has 2 aromatic rings. The molecule has 0 aliphatic heterocycles. The van der Waals surface area contributed by atoms with Gasteiger partial charge in [0.2, 0.25) is 0 Å². The molecule has 0 saturated carbocycles. The van der Waals surface area contributed by atoms with E-state index in [4.69, 9.17) is 15.3 Å². The zero-order valence-corrected chi connectivity index (χ0v) is 9.87. The van der Waals surface area contributed by atoms with Gasteiger partial charge >= 0.3 is 0 Å². The maximum absolute atomic E-state index is 10.3. The van der Waals surface area contributed by atoms with E-state index in [0.717, 1.165) is 6.29 Å². The third-order valence-corrected chi connectivity index (χ3v) is 2.32. The summed E-state index contributed by atoms with van der Waals surface area (Å²) in [5.41, 5.74) is 1.18. The number of rotatable bonds is 1. The fourth-order valence-electron chi connectivity index (χ4n) is 1.22. The third-order valence-electron chi connectivity index (χ3n) is 2.32. The third kappa shape index (κ3) is 3.83. The van der Waals surface area contributed by atoms with Crippen LogP contribution in [0, 0.1) is 6.92 Å². The maximum atomic E-state index is 10.3. The molecule has 0 atom stereocenters. The van der Waals surface area contributed by atoms with Crippen LogP contribution in [-0.2, 0) is 0 Å². The molecule has 0 saturated heterocycles. The quantitative estimate of drug-likeness (QED) is 0.534. The number of phenolic OH excluding ortho intramolecular Hbond substituents is 3. The second kappa shape index (κ2) is 6.30. The Bertz CT molecular complexity index is 497. The van der Waals surface area contributed by atoms with E-state index in [1.165, 1.54) is 24.3 Å². The minimum absolute atomic E-state index is 0.169. The van der Waals surface area contributed by atoms with E-state index in [0.29, 0.717) is 11.1 Å². The summed E-state index contributed by atoms with van der Waals surface area (Å²) in [6, 6.07) is 10.6. The van der Waals surface area contributed by atoms with Crippen molar-refractivity contribution in [2.75, 3.05) is 0 Å². The van der Waals surface area contributed by atoms with Crippen LogP contribution in [0.2, 0.25) is 0 Å². The minimum atomic E-state index is 0.169. The van der Waals surface area contributed by atoms with Crippen LogP contribution >= 0.6 is 0 Å². The van der Waals surface area contributed by atoms with Gasteiger partial charge in [-0.2, -0.15) is 0 Å². The Morgan fingerprint density at radius 1 is 0.889 bits per heavy atom. The molecule has 0 bridgehead atoms. The minimum Gasteiger partial charge on any atom is -0.508 e. The molecular formula is C14H14O4. The van der Waals surface area contributed by atoms with Gasteiger partial charge in [0, 0.05) is 11.1 Å². The van der Waals surface area contributed by atoms with Crippen molar-refractivity contribution in [3.8, 4) is 17.2 Å². The molecule has 0 unspecified atom stereocenters. The van der Waals surface area contributed by atoms with Crippen LogP contribution in [0.5, 0.6) is 17.2 Å². The van der Waals surface area contributed by atoms with Gasteiger partial charge in [-0.05, 0) is 37.3 Å². The summed E-state index contributed by atoms with van der Waals surface area (Å²) >= 11 is 0. The molecule has 4 heteroatoms. The molecule has 0 aliphatic rings. The van der Waals surface area contributed by atoms with Crippen molar-refractivity contribution in [3.05, 3.63) is 53.6 Å². The Morgan fingerprint density at radius 2 is 1.39 bits per heavy atom. The Hall–Kier alpha value is -2.49. The van der Waals surface area contributed by atoms with Gasteiger partial charge < -0.3 is 15.3 Å². The normalized spacial score (nSPS) is 9.17. The highest BCUT2D eigenvalue weighted by Crippen LogP contribution is 2.17. The highest BCUT2D eigenvalue weighted by atomic mass is 16.3. The standard InChI is InChI=1S/C8H8O2.C6H6O2/c1-6-7(5-9)3-2-4-8(6)10;7-5-1-2-6(8)4-3-5/h2-5,10H,1H3;1-4,7-8H. The number of aromatic hydroxyl groups is 3. The van der Waals surface area contributed by atoms with Crippen molar-refractivity contribution in [1.82, 2.24) is 0 Å². The molecule has 2 aromatic carbocycles. The average molecular weight is 246 g/mol. The summed E-state index contributed by atoms with van der Waals surface area (Å²) in [6.07, 6.45) is 0.731. The molecule has 0 heterocycles. The van der Waals surface area contributed by atoms with Crippen molar-refractivity contribution >= 4 is 6.29 Å². The van der Waals surface area contributed by atoms with Crippen molar-refractivity contribution in [2.45, 2.75) is 6.92 Å². The highest BCUT2D eigenvalue weighted by molar-refractivity contribution is 5.78. The van der Waals surface area contributed by atoms with Gasteiger partial charge in [-0.15, -0.1) is 0 Å².